The van der Waals surface area contributed by atoms with Crippen LogP contribution < -0.4 is 0 Å². The summed E-state index contributed by atoms with van der Waals surface area (Å²) in [5.41, 5.74) is 0.329. The fourth-order valence-electron chi connectivity index (χ4n) is 1.33. The second-order valence-corrected chi connectivity index (χ2v) is 3.81. The van der Waals surface area contributed by atoms with Gasteiger partial charge in [0, 0.05) is 26.7 Å². The first kappa shape index (κ1) is 12.9. The normalized spacial score (nSPS) is 10.8. The predicted molar refractivity (Wildman–Crippen MR) is 62.5 cm³/mol. The third kappa shape index (κ3) is 3.72. The van der Waals surface area contributed by atoms with Gasteiger partial charge < -0.3 is 4.90 Å². The van der Waals surface area contributed by atoms with Gasteiger partial charge in [0.1, 0.15) is 17.5 Å². The number of halogens is 1. The van der Waals surface area contributed by atoms with E-state index in [1.807, 2.05) is 6.07 Å². The van der Waals surface area contributed by atoms with E-state index in [1.54, 1.807) is 31.1 Å². The molecule has 0 saturated heterocycles. The molecule has 88 valence electrons. The van der Waals surface area contributed by atoms with Crippen molar-refractivity contribution >= 4 is 5.78 Å². The van der Waals surface area contributed by atoms with E-state index in [9.17, 15) is 9.18 Å². The average molecular weight is 232 g/mol. The molecule has 0 atom stereocenters. The van der Waals surface area contributed by atoms with Crippen LogP contribution in [0.3, 0.4) is 0 Å². The predicted octanol–water partition coefficient (Wildman–Crippen LogP) is 1.91. The zero-order chi connectivity index (χ0) is 12.8. The highest BCUT2D eigenvalue weighted by atomic mass is 19.1. The van der Waals surface area contributed by atoms with E-state index in [0.717, 1.165) is 0 Å². The number of allylic oxidation sites excluding steroid dienone is 1. The molecule has 0 saturated carbocycles. The van der Waals surface area contributed by atoms with E-state index >= 15 is 0 Å². The molecule has 0 aliphatic heterocycles. The number of benzene rings is 1. The fourth-order valence-corrected chi connectivity index (χ4v) is 1.33. The Labute approximate surface area is 99.8 Å². The minimum Gasteiger partial charge on any atom is -0.382 e. The zero-order valence-electron chi connectivity index (χ0n) is 9.77. The van der Waals surface area contributed by atoms with Crippen LogP contribution in [0, 0.1) is 17.1 Å². The lowest BCUT2D eigenvalue weighted by molar-refractivity contribution is -0.114. The molecule has 0 fully saturated rings. The van der Waals surface area contributed by atoms with Crippen molar-refractivity contribution in [1.29, 1.82) is 5.26 Å². The first-order valence-corrected chi connectivity index (χ1v) is 5.09. The molecule has 4 heteroatoms. The van der Waals surface area contributed by atoms with Crippen LogP contribution in [0.15, 0.2) is 36.0 Å². The topological polar surface area (TPSA) is 44.1 Å². The van der Waals surface area contributed by atoms with Crippen LogP contribution in [0.4, 0.5) is 4.39 Å². The van der Waals surface area contributed by atoms with Crippen LogP contribution in [0.25, 0.3) is 0 Å². The van der Waals surface area contributed by atoms with E-state index in [2.05, 4.69) is 0 Å². The Morgan fingerprint density at radius 3 is 2.65 bits per heavy atom. The quantitative estimate of drug-likeness (QED) is 0.588. The van der Waals surface area contributed by atoms with Gasteiger partial charge in [-0.25, -0.2) is 4.39 Å². The van der Waals surface area contributed by atoms with E-state index in [4.69, 9.17) is 5.26 Å². The number of ketones is 1. The standard InChI is InChI=1S/C13H13FN2O/c1-16(2)9-11(8-15)13(17)7-10-5-3-4-6-12(10)14/h3-6,9H,7H2,1-2H3. The number of rotatable bonds is 4. The van der Waals surface area contributed by atoms with Gasteiger partial charge >= 0.3 is 0 Å². The van der Waals surface area contributed by atoms with Gasteiger partial charge in [-0.15, -0.1) is 0 Å². The van der Waals surface area contributed by atoms with E-state index in [0.29, 0.717) is 5.56 Å². The molecule has 0 aliphatic rings. The van der Waals surface area contributed by atoms with Gasteiger partial charge in [0.2, 0.25) is 0 Å². The minimum absolute atomic E-state index is 0.0262. The van der Waals surface area contributed by atoms with E-state index in [-0.39, 0.29) is 17.8 Å². The molecule has 0 N–H and O–H groups in total. The summed E-state index contributed by atoms with van der Waals surface area (Å²) in [5.74, 6) is -0.811. The Kier molecular flexibility index (Phi) is 4.41. The lowest BCUT2D eigenvalue weighted by atomic mass is 10.0. The third-order valence-electron chi connectivity index (χ3n) is 2.12. The maximum absolute atomic E-state index is 13.3. The molecule has 0 bridgehead atoms. The highest BCUT2D eigenvalue weighted by Gasteiger charge is 2.12. The molecule has 0 aromatic heterocycles. The molecule has 0 amide bonds. The number of hydrogen-bond acceptors (Lipinski definition) is 3. The molecule has 17 heavy (non-hydrogen) atoms. The van der Waals surface area contributed by atoms with Crippen molar-refractivity contribution in [1.82, 2.24) is 4.90 Å². The average Bonchev–Trinajstić information content (AvgIpc) is 2.28. The molecule has 1 rings (SSSR count). The molecule has 0 aliphatic carbocycles. The van der Waals surface area contributed by atoms with Crippen molar-refractivity contribution in [2.75, 3.05) is 14.1 Å². The molecule has 3 nitrogen and oxygen atoms in total. The molecular formula is C13H13FN2O. The highest BCUT2D eigenvalue weighted by Crippen LogP contribution is 2.10. The van der Waals surface area contributed by atoms with Crippen LogP contribution in [-0.4, -0.2) is 24.8 Å². The molecule has 0 radical (unpaired) electrons. The van der Waals surface area contributed by atoms with Crippen molar-refractivity contribution in [3.05, 3.63) is 47.4 Å². The number of hydrogen-bond donors (Lipinski definition) is 0. The summed E-state index contributed by atoms with van der Waals surface area (Å²) < 4.78 is 13.3. The molecular weight excluding hydrogens is 219 g/mol. The van der Waals surface area contributed by atoms with Gasteiger partial charge in [-0.2, -0.15) is 5.26 Å². The Hall–Kier alpha value is -2.15. The van der Waals surface area contributed by atoms with Crippen LogP contribution in [-0.2, 0) is 11.2 Å². The largest absolute Gasteiger partial charge is 0.382 e. The summed E-state index contributed by atoms with van der Waals surface area (Å²) >= 11 is 0. The van der Waals surface area contributed by atoms with Crippen LogP contribution in [0.2, 0.25) is 0 Å². The number of nitriles is 1. The monoisotopic (exact) mass is 232 g/mol. The number of carbonyl (C=O) groups excluding carboxylic acids is 1. The summed E-state index contributed by atoms with van der Waals surface area (Å²) in [4.78, 5) is 13.4. The lowest BCUT2D eigenvalue weighted by Gasteiger charge is -2.06. The van der Waals surface area contributed by atoms with Crippen molar-refractivity contribution in [3.8, 4) is 6.07 Å². The van der Waals surface area contributed by atoms with Crippen molar-refractivity contribution in [2.24, 2.45) is 0 Å². The van der Waals surface area contributed by atoms with Gasteiger partial charge in [0.15, 0.2) is 5.78 Å². The van der Waals surface area contributed by atoms with Gasteiger partial charge in [0.25, 0.3) is 0 Å². The smallest absolute Gasteiger partial charge is 0.179 e. The van der Waals surface area contributed by atoms with Gasteiger partial charge in [-0.05, 0) is 11.6 Å². The zero-order valence-corrected chi connectivity index (χ0v) is 9.77. The Morgan fingerprint density at radius 2 is 2.12 bits per heavy atom. The molecule has 1 aromatic rings. The second kappa shape index (κ2) is 5.80. The minimum atomic E-state index is -0.428. The van der Waals surface area contributed by atoms with Crippen LogP contribution in [0.5, 0.6) is 0 Å². The maximum Gasteiger partial charge on any atom is 0.179 e. The van der Waals surface area contributed by atoms with Gasteiger partial charge in [-0.1, -0.05) is 18.2 Å². The summed E-state index contributed by atoms with van der Waals surface area (Å²) in [6.45, 7) is 0. The summed E-state index contributed by atoms with van der Waals surface area (Å²) in [6, 6.07) is 7.88. The fraction of sp³-hybridized carbons (Fsp3) is 0.231. The Balaban J connectivity index is 2.87. The first-order chi connectivity index (χ1) is 8.04. The number of carbonyl (C=O) groups is 1. The van der Waals surface area contributed by atoms with Crippen molar-refractivity contribution in [2.45, 2.75) is 6.42 Å². The van der Waals surface area contributed by atoms with Gasteiger partial charge in [0.05, 0.1) is 0 Å². The molecule has 1 aromatic carbocycles. The Morgan fingerprint density at radius 1 is 1.47 bits per heavy atom. The molecule has 0 spiro atoms. The maximum atomic E-state index is 13.3. The first-order valence-electron chi connectivity index (χ1n) is 5.09. The third-order valence-corrected chi connectivity index (χ3v) is 2.12. The summed E-state index contributed by atoms with van der Waals surface area (Å²) in [6.07, 6.45) is 1.34. The van der Waals surface area contributed by atoms with Crippen LogP contribution >= 0.6 is 0 Å². The van der Waals surface area contributed by atoms with Crippen molar-refractivity contribution in [3.63, 3.8) is 0 Å². The number of nitrogens with zero attached hydrogens (tertiary/aromatic N) is 2. The highest BCUT2D eigenvalue weighted by molar-refractivity contribution is 6.00. The van der Waals surface area contributed by atoms with Crippen LogP contribution in [0.1, 0.15) is 5.56 Å². The van der Waals surface area contributed by atoms with Crippen molar-refractivity contribution < 1.29 is 9.18 Å². The Bertz CT molecular complexity index is 486. The second-order valence-electron chi connectivity index (χ2n) is 3.81. The number of Topliss-reactive ketones (excluding diaryl/α,β-unsaturated/α-hetero) is 1. The van der Waals surface area contributed by atoms with Gasteiger partial charge in [-0.3, -0.25) is 4.79 Å². The molecule has 0 heterocycles. The summed E-state index contributed by atoms with van der Waals surface area (Å²) in [7, 11) is 3.43. The van der Waals surface area contributed by atoms with E-state index in [1.165, 1.54) is 18.3 Å². The molecule has 0 unspecified atom stereocenters. The van der Waals surface area contributed by atoms with E-state index < -0.39 is 5.82 Å². The lowest BCUT2D eigenvalue weighted by Crippen LogP contribution is -2.11. The SMILES string of the molecule is CN(C)C=C(C#N)C(=O)Cc1ccccc1F. The summed E-state index contributed by atoms with van der Waals surface area (Å²) in [5, 5.41) is 8.83.